The van der Waals surface area contributed by atoms with Gasteiger partial charge in [-0.05, 0) is 55.4 Å². The molecule has 0 heterocycles. The smallest absolute Gasteiger partial charge is 0.324 e. The molecule has 1 saturated carbocycles. The molecule has 2 rings (SSSR count). The van der Waals surface area contributed by atoms with Crippen molar-refractivity contribution in [2.45, 2.75) is 44.8 Å². The number of hydrogen-bond donors (Lipinski definition) is 1. The molecule has 5 heteroatoms. The number of aryl methyl sites for hydroxylation is 1. The maximum atomic E-state index is 13.3. The van der Waals surface area contributed by atoms with E-state index in [0.29, 0.717) is 18.4 Å². The molecule has 20 heavy (non-hydrogen) atoms. The summed E-state index contributed by atoms with van der Waals surface area (Å²) in [5.74, 6) is -1.92. The van der Waals surface area contributed by atoms with Gasteiger partial charge in [0.05, 0.1) is 5.92 Å². The number of nitrogens with two attached hydrogens (primary N) is 1. The fourth-order valence-electron chi connectivity index (χ4n) is 3.08. The van der Waals surface area contributed by atoms with Gasteiger partial charge in [-0.2, -0.15) is 13.2 Å². The van der Waals surface area contributed by atoms with Crippen LogP contribution in [0.15, 0.2) is 18.2 Å². The van der Waals surface area contributed by atoms with Crippen LogP contribution >= 0.6 is 0 Å². The molecule has 1 aromatic carbocycles. The second kappa shape index (κ2) is 5.72. The highest BCUT2D eigenvalue weighted by atomic mass is 19.4. The van der Waals surface area contributed by atoms with Gasteiger partial charge in [-0.1, -0.05) is 12.5 Å². The lowest BCUT2D eigenvalue weighted by atomic mass is 9.75. The zero-order valence-electron chi connectivity index (χ0n) is 11.4. The van der Waals surface area contributed by atoms with E-state index in [1.807, 2.05) is 0 Å². The second-order valence-corrected chi connectivity index (χ2v) is 5.69. The highest BCUT2D eigenvalue weighted by Crippen LogP contribution is 2.43. The van der Waals surface area contributed by atoms with E-state index in [9.17, 15) is 17.6 Å². The minimum absolute atomic E-state index is 0.0423. The van der Waals surface area contributed by atoms with Crippen molar-refractivity contribution in [1.82, 2.24) is 0 Å². The van der Waals surface area contributed by atoms with E-state index >= 15 is 0 Å². The first-order valence-electron chi connectivity index (χ1n) is 6.87. The third-order valence-corrected chi connectivity index (χ3v) is 4.29. The Kier molecular flexibility index (Phi) is 4.37. The van der Waals surface area contributed by atoms with Gasteiger partial charge in [0.1, 0.15) is 5.82 Å². The predicted molar refractivity (Wildman–Crippen MR) is 69.6 cm³/mol. The zero-order chi connectivity index (χ0) is 14.9. The summed E-state index contributed by atoms with van der Waals surface area (Å²) in [6.45, 7) is 1.80. The summed E-state index contributed by atoms with van der Waals surface area (Å²) in [5.41, 5.74) is 7.56. The number of benzene rings is 1. The SMILES string of the molecule is Cc1ccc(F)cc1C(N)C1CCCC(C(F)(F)F)C1. The van der Waals surface area contributed by atoms with Crippen LogP contribution in [0.1, 0.15) is 42.9 Å². The van der Waals surface area contributed by atoms with E-state index in [1.165, 1.54) is 12.1 Å². The molecule has 3 unspecified atom stereocenters. The Hall–Kier alpha value is -1.10. The van der Waals surface area contributed by atoms with Crippen LogP contribution in [-0.4, -0.2) is 6.18 Å². The van der Waals surface area contributed by atoms with Gasteiger partial charge in [0, 0.05) is 6.04 Å². The number of halogens is 4. The molecule has 3 atom stereocenters. The third-order valence-electron chi connectivity index (χ3n) is 4.29. The van der Waals surface area contributed by atoms with Crippen LogP contribution in [-0.2, 0) is 0 Å². The Morgan fingerprint density at radius 2 is 1.95 bits per heavy atom. The number of hydrogen-bond acceptors (Lipinski definition) is 1. The van der Waals surface area contributed by atoms with Crippen molar-refractivity contribution >= 4 is 0 Å². The lowest BCUT2D eigenvalue weighted by Gasteiger charge is -2.34. The molecule has 0 aliphatic heterocycles. The molecule has 0 spiro atoms. The molecule has 1 nitrogen and oxygen atoms in total. The summed E-state index contributed by atoms with van der Waals surface area (Å²) in [7, 11) is 0. The van der Waals surface area contributed by atoms with E-state index in [1.54, 1.807) is 13.0 Å². The quantitative estimate of drug-likeness (QED) is 0.797. The van der Waals surface area contributed by atoms with Gasteiger partial charge in [0.15, 0.2) is 0 Å². The Morgan fingerprint density at radius 1 is 1.25 bits per heavy atom. The van der Waals surface area contributed by atoms with Crippen LogP contribution in [0.4, 0.5) is 17.6 Å². The molecule has 0 aromatic heterocycles. The first-order valence-corrected chi connectivity index (χ1v) is 6.87. The standard InChI is InChI=1S/C15H19F4N/c1-9-5-6-12(16)8-13(9)14(20)10-3-2-4-11(7-10)15(17,18)19/h5-6,8,10-11,14H,2-4,7,20H2,1H3. The third kappa shape index (κ3) is 3.32. The average molecular weight is 289 g/mol. The van der Waals surface area contributed by atoms with Crippen molar-refractivity contribution < 1.29 is 17.6 Å². The van der Waals surface area contributed by atoms with Gasteiger partial charge in [0.2, 0.25) is 0 Å². The van der Waals surface area contributed by atoms with Crippen LogP contribution in [0.5, 0.6) is 0 Å². The van der Waals surface area contributed by atoms with Gasteiger partial charge >= 0.3 is 6.18 Å². The van der Waals surface area contributed by atoms with E-state index in [4.69, 9.17) is 5.73 Å². The second-order valence-electron chi connectivity index (χ2n) is 5.69. The summed E-state index contributed by atoms with van der Waals surface area (Å²) in [6, 6.07) is 3.77. The lowest BCUT2D eigenvalue weighted by Crippen LogP contribution is -2.33. The molecule has 1 aliphatic carbocycles. The van der Waals surface area contributed by atoms with Crippen molar-refractivity contribution in [2.24, 2.45) is 17.6 Å². The van der Waals surface area contributed by atoms with Crippen LogP contribution in [0.25, 0.3) is 0 Å². The Balaban J connectivity index is 2.16. The Morgan fingerprint density at radius 3 is 2.60 bits per heavy atom. The van der Waals surface area contributed by atoms with E-state index in [-0.39, 0.29) is 18.8 Å². The highest BCUT2D eigenvalue weighted by Gasteiger charge is 2.43. The lowest BCUT2D eigenvalue weighted by molar-refractivity contribution is -0.186. The normalized spacial score (nSPS) is 25.5. The van der Waals surface area contributed by atoms with Crippen molar-refractivity contribution in [1.29, 1.82) is 0 Å². The van der Waals surface area contributed by atoms with Crippen molar-refractivity contribution in [3.63, 3.8) is 0 Å². The van der Waals surface area contributed by atoms with Gasteiger partial charge in [-0.15, -0.1) is 0 Å². The maximum Gasteiger partial charge on any atom is 0.391 e. The molecule has 0 bridgehead atoms. The van der Waals surface area contributed by atoms with E-state index in [2.05, 4.69) is 0 Å². The van der Waals surface area contributed by atoms with Gasteiger partial charge in [0.25, 0.3) is 0 Å². The molecule has 0 radical (unpaired) electrons. The van der Waals surface area contributed by atoms with Gasteiger partial charge in [-0.25, -0.2) is 4.39 Å². The number of alkyl halides is 3. The number of rotatable bonds is 2. The molecule has 0 amide bonds. The first-order chi connectivity index (χ1) is 9.29. The minimum atomic E-state index is -4.16. The van der Waals surface area contributed by atoms with Crippen molar-refractivity contribution in [3.8, 4) is 0 Å². The van der Waals surface area contributed by atoms with Crippen LogP contribution in [0.2, 0.25) is 0 Å². The molecule has 112 valence electrons. The average Bonchev–Trinajstić information content (AvgIpc) is 2.40. The largest absolute Gasteiger partial charge is 0.391 e. The van der Waals surface area contributed by atoms with Gasteiger partial charge in [-0.3, -0.25) is 0 Å². The molecule has 1 aliphatic rings. The molecule has 2 N–H and O–H groups in total. The van der Waals surface area contributed by atoms with E-state index < -0.39 is 24.0 Å². The fraction of sp³-hybridized carbons (Fsp3) is 0.600. The fourth-order valence-corrected chi connectivity index (χ4v) is 3.08. The molecular weight excluding hydrogens is 270 g/mol. The minimum Gasteiger partial charge on any atom is -0.324 e. The maximum absolute atomic E-state index is 13.3. The van der Waals surface area contributed by atoms with Crippen molar-refractivity contribution in [2.75, 3.05) is 0 Å². The van der Waals surface area contributed by atoms with Crippen molar-refractivity contribution in [3.05, 3.63) is 35.1 Å². The van der Waals surface area contributed by atoms with E-state index in [0.717, 1.165) is 5.56 Å². The van der Waals surface area contributed by atoms with Crippen LogP contribution in [0, 0.1) is 24.6 Å². The summed E-state index contributed by atoms with van der Waals surface area (Å²) in [4.78, 5) is 0. The topological polar surface area (TPSA) is 26.0 Å². The van der Waals surface area contributed by atoms with Crippen LogP contribution < -0.4 is 5.73 Å². The summed E-state index contributed by atoms with van der Waals surface area (Å²) in [5, 5.41) is 0. The Labute approximate surface area is 116 Å². The summed E-state index contributed by atoms with van der Waals surface area (Å²) >= 11 is 0. The molecule has 0 saturated heterocycles. The van der Waals surface area contributed by atoms with Crippen LogP contribution in [0.3, 0.4) is 0 Å². The molecule has 1 aromatic rings. The van der Waals surface area contributed by atoms with Gasteiger partial charge < -0.3 is 5.73 Å². The summed E-state index contributed by atoms with van der Waals surface area (Å²) < 4.78 is 51.8. The zero-order valence-corrected chi connectivity index (χ0v) is 11.4. The molecular formula is C15H19F4N. The monoisotopic (exact) mass is 289 g/mol. The molecule has 1 fully saturated rings. The highest BCUT2D eigenvalue weighted by molar-refractivity contribution is 5.30. The summed E-state index contributed by atoms with van der Waals surface area (Å²) in [6.07, 6.45) is -2.74. The first kappa shape index (κ1) is 15.3. The Bertz CT molecular complexity index is 469. The predicted octanol–water partition coefficient (Wildman–Crippen LogP) is 4.50.